The van der Waals surface area contributed by atoms with E-state index in [1.54, 1.807) is 6.92 Å². The highest BCUT2D eigenvalue weighted by Gasteiger charge is 2.34. The Kier molecular flexibility index (Phi) is 2.25. The van der Waals surface area contributed by atoms with Gasteiger partial charge in [0.25, 0.3) is 0 Å². The molecule has 0 aromatic carbocycles. The molecule has 0 bridgehead atoms. The van der Waals surface area contributed by atoms with Crippen LogP contribution in [0.15, 0.2) is 0 Å². The summed E-state index contributed by atoms with van der Waals surface area (Å²) in [4.78, 5) is 0. The van der Waals surface area contributed by atoms with Crippen molar-refractivity contribution >= 4 is 0 Å². The van der Waals surface area contributed by atoms with Gasteiger partial charge in [0, 0.05) is 0 Å². The minimum Gasteiger partial charge on any atom is -0.384 e. The molecular weight excluding hydrogens is 134 g/mol. The zero-order chi connectivity index (χ0) is 7.72. The van der Waals surface area contributed by atoms with Crippen molar-refractivity contribution in [2.24, 2.45) is 0 Å². The van der Waals surface area contributed by atoms with Crippen molar-refractivity contribution in [2.75, 3.05) is 0 Å². The van der Waals surface area contributed by atoms with Gasteiger partial charge in [-0.05, 0) is 6.92 Å². The van der Waals surface area contributed by atoms with E-state index in [1.165, 1.54) is 0 Å². The van der Waals surface area contributed by atoms with Crippen LogP contribution >= 0.6 is 0 Å². The minimum atomic E-state index is -0.749. The number of rotatable bonds is 0. The molecule has 0 amide bonds. The topological polar surface area (TPSA) is 77.3 Å². The summed E-state index contributed by atoms with van der Waals surface area (Å²) in [6, 6.07) is -0.112. The second-order valence-electron chi connectivity index (χ2n) is 2.78. The minimum absolute atomic E-state index is 0.112. The summed E-state index contributed by atoms with van der Waals surface area (Å²) in [5, 5.41) is 18.3. The Balaban J connectivity index is 2.49. The van der Waals surface area contributed by atoms with Gasteiger partial charge in [0.05, 0.1) is 12.5 Å². The van der Waals surface area contributed by atoms with Crippen molar-refractivity contribution in [3.8, 4) is 0 Å². The summed E-state index contributed by atoms with van der Waals surface area (Å²) in [7, 11) is 0. The first-order chi connectivity index (χ1) is 4.61. The van der Waals surface area contributed by atoms with Gasteiger partial charge in [0.15, 0.2) is 6.29 Å². The molecule has 1 rings (SSSR count). The smallest absolute Gasteiger partial charge is 0.160 e. The van der Waals surface area contributed by atoms with Gasteiger partial charge in [-0.1, -0.05) is 0 Å². The van der Waals surface area contributed by atoms with E-state index in [0.29, 0.717) is 6.42 Å². The van der Waals surface area contributed by atoms with Crippen LogP contribution in [-0.2, 0) is 4.74 Å². The van der Waals surface area contributed by atoms with Gasteiger partial charge in [0.1, 0.15) is 12.1 Å². The summed E-state index contributed by atoms with van der Waals surface area (Å²) >= 11 is 0. The number of aliphatic hydroxyl groups excluding tert-OH is 2. The molecule has 0 radical (unpaired) electrons. The van der Waals surface area contributed by atoms with Gasteiger partial charge >= 0.3 is 0 Å². The van der Waals surface area contributed by atoms with Crippen molar-refractivity contribution in [2.45, 2.75) is 37.9 Å². The first-order valence-electron chi connectivity index (χ1n) is 3.46. The lowest BCUT2D eigenvalue weighted by Crippen LogP contribution is -2.71. The predicted octanol–water partition coefficient (Wildman–Crippen LogP) is -1.91. The quantitative estimate of drug-likeness (QED) is 0.375. The normalized spacial score (nSPS) is 49.2. The van der Waals surface area contributed by atoms with Gasteiger partial charge in [-0.25, -0.2) is 0 Å². The van der Waals surface area contributed by atoms with Crippen LogP contribution in [0.4, 0.5) is 0 Å². The summed E-state index contributed by atoms with van der Waals surface area (Å²) in [5.74, 6) is 0. The molecule has 4 atom stereocenters. The average Bonchev–Trinajstić information content (AvgIpc) is 1.82. The molecule has 60 valence electrons. The molecule has 0 aliphatic carbocycles. The van der Waals surface area contributed by atoms with E-state index in [2.05, 4.69) is 5.73 Å². The van der Waals surface area contributed by atoms with E-state index in [9.17, 15) is 5.11 Å². The van der Waals surface area contributed by atoms with Crippen LogP contribution in [0.1, 0.15) is 13.3 Å². The Hall–Kier alpha value is -0.160. The highest BCUT2D eigenvalue weighted by Crippen LogP contribution is 2.15. The van der Waals surface area contributed by atoms with E-state index in [0.717, 1.165) is 0 Å². The molecule has 1 saturated heterocycles. The zero-order valence-electron chi connectivity index (χ0n) is 6.03. The van der Waals surface area contributed by atoms with E-state index < -0.39 is 12.4 Å². The number of hydrogen-bond donors (Lipinski definition) is 3. The summed E-state index contributed by atoms with van der Waals surface area (Å²) in [6.07, 6.45) is -1.17. The molecule has 0 aromatic rings. The maximum atomic E-state index is 9.27. The van der Waals surface area contributed by atoms with E-state index in [-0.39, 0.29) is 12.1 Å². The maximum Gasteiger partial charge on any atom is 0.160 e. The molecule has 5 N–H and O–H groups in total. The molecule has 1 aliphatic heterocycles. The van der Waals surface area contributed by atoms with Crippen molar-refractivity contribution in [3.63, 3.8) is 0 Å². The SMILES string of the molecule is C[C@@H]1O[C@@H](O)C[C@H]([NH3+])[C@@H]1O. The van der Waals surface area contributed by atoms with Crippen molar-refractivity contribution in [3.05, 3.63) is 0 Å². The Bertz CT molecular complexity index is 108. The van der Waals surface area contributed by atoms with Crippen molar-refractivity contribution in [1.29, 1.82) is 0 Å². The molecule has 4 heteroatoms. The fourth-order valence-electron chi connectivity index (χ4n) is 1.17. The van der Waals surface area contributed by atoms with Crippen LogP contribution < -0.4 is 5.73 Å². The number of ether oxygens (including phenoxy) is 1. The van der Waals surface area contributed by atoms with Crippen LogP contribution in [0.2, 0.25) is 0 Å². The van der Waals surface area contributed by atoms with Crippen LogP contribution in [0.3, 0.4) is 0 Å². The summed E-state index contributed by atoms with van der Waals surface area (Å²) < 4.78 is 4.93. The second kappa shape index (κ2) is 2.84. The van der Waals surface area contributed by atoms with Gasteiger partial charge < -0.3 is 20.7 Å². The van der Waals surface area contributed by atoms with E-state index in [4.69, 9.17) is 9.84 Å². The zero-order valence-corrected chi connectivity index (χ0v) is 6.03. The molecule has 0 spiro atoms. The largest absolute Gasteiger partial charge is 0.384 e. The van der Waals surface area contributed by atoms with E-state index >= 15 is 0 Å². The number of hydrogen-bond acceptors (Lipinski definition) is 3. The maximum absolute atomic E-state index is 9.27. The fraction of sp³-hybridized carbons (Fsp3) is 1.00. The van der Waals surface area contributed by atoms with Crippen molar-refractivity contribution in [1.82, 2.24) is 0 Å². The lowest BCUT2D eigenvalue weighted by Gasteiger charge is -2.31. The second-order valence-corrected chi connectivity index (χ2v) is 2.78. The van der Waals surface area contributed by atoms with Gasteiger partial charge in [0.2, 0.25) is 0 Å². The summed E-state index contributed by atoms with van der Waals surface area (Å²) in [5.41, 5.74) is 3.69. The molecule has 1 aliphatic rings. The lowest BCUT2D eigenvalue weighted by molar-refractivity contribution is -0.463. The Morgan fingerprint density at radius 2 is 2.10 bits per heavy atom. The molecule has 10 heavy (non-hydrogen) atoms. The highest BCUT2D eigenvalue weighted by atomic mass is 16.6. The predicted molar refractivity (Wildman–Crippen MR) is 33.9 cm³/mol. The third kappa shape index (κ3) is 1.46. The molecule has 4 nitrogen and oxygen atoms in total. The third-order valence-electron chi connectivity index (χ3n) is 1.84. The first kappa shape index (κ1) is 7.94. The lowest BCUT2D eigenvalue weighted by atomic mass is 10.0. The Labute approximate surface area is 59.6 Å². The molecule has 1 heterocycles. The highest BCUT2D eigenvalue weighted by molar-refractivity contribution is 4.77. The first-order valence-corrected chi connectivity index (χ1v) is 3.46. The molecular formula is C6H14NO3+. The Morgan fingerprint density at radius 1 is 1.50 bits per heavy atom. The fourth-order valence-corrected chi connectivity index (χ4v) is 1.17. The number of aliphatic hydroxyl groups is 2. The summed E-state index contributed by atoms with van der Waals surface area (Å²) in [6.45, 7) is 1.73. The molecule has 0 aromatic heterocycles. The van der Waals surface area contributed by atoms with Crippen LogP contribution in [-0.4, -0.2) is 34.8 Å². The van der Waals surface area contributed by atoms with Crippen molar-refractivity contribution < 1.29 is 20.7 Å². The van der Waals surface area contributed by atoms with E-state index in [1.807, 2.05) is 0 Å². The standard InChI is InChI=1S/C6H13NO3/c1-3-6(9)4(7)2-5(8)10-3/h3-6,8-9H,2,7H2,1H3/p+1/t3-,4-,5+,6+/m0/s1. The van der Waals surface area contributed by atoms with Gasteiger partial charge in [-0.15, -0.1) is 0 Å². The number of quaternary nitrogens is 1. The Morgan fingerprint density at radius 3 is 2.60 bits per heavy atom. The monoisotopic (exact) mass is 148 g/mol. The van der Waals surface area contributed by atoms with Crippen LogP contribution in [0.25, 0.3) is 0 Å². The van der Waals surface area contributed by atoms with Crippen LogP contribution in [0.5, 0.6) is 0 Å². The third-order valence-corrected chi connectivity index (χ3v) is 1.84. The molecule has 0 unspecified atom stereocenters. The average molecular weight is 148 g/mol. The van der Waals surface area contributed by atoms with Gasteiger partial charge in [-0.2, -0.15) is 0 Å². The molecule has 1 fully saturated rings. The van der Waals surface area contributed by atoms with Gasteiger partial charge in [-0.3, -0.25) is 0 Å². The van der Waals surface area contributed by atoms with Crippen LogP contribution in [0, 0.1) is 0 Å². The molecule has 0 saturated carbocycles.